The predicted octanol–water partition coefficient (Wildman–Crippen LogP) is 13.1. The van der Waals surface area contributed by atoms with Gasteiger partial charge in [-0.2, -0.15) is 0 Å². The second-order valence-electron chi connectivity index (χ2n) is 12.1. The van der Waals surface area contributed by atoms with Crippen molar-refractivity contribution in [3.05, 3.63) is 188 Å². The van der Waals surface area contributed by atoms with Crippen molar-refractivity contribution in [3.63, 3.8) is 0 Å². The smallest absolute Gasteiger partial charge is 0.159 e. The highest BCUT2D eigenvalue weighted by Crippen LogP contribution is 2.55. The van der Waals surface area contributed by atoms with Crippen LogP contribution in [-0.2, 0) is 0 Å². The fraction of sp³-hybridized carbons (Fsp3) is 0. The van der Waals surface area contributed by atoms with Crippen molar-refractivity contribution < 1.29 is 4.74 Å². The van der Waals surface area contributed by atoms with Crippen molar-refractivity contribution in [2.24, 2.45) is 0 Å². The molecule has 2 heteroatoms. The third-order valence-corrected chi connectivity index (χ3v) is 9.28. The Morgan fingerprint density at radius 3 is 1.42 bits per heavy atom. The van der Waals surface area contributed by atoms with Crippen molar-refractivity contribution in [3.8, 4) is 56.0 Å². The predicted molar refractivity (Wildman–Crippen MR) is 200 cm³/mol. The van der Waals surface area contributed by atoms with Crippen molar-refractivity contribution in [2.45, 2.75) is 0 Å². The van der Waals surface area contributed by atoms with Gasteiger partial charge in [-0.15, -0.1) is 0 Å². The number of rotatable bonds is 6. The summed E-state index contributed by atoms with van der Waals surface area (Å²) < 4.78 is 6.94. The van der Waals surface area contributed by atoms with E-state index in [1.807, 2.05) is 6.07 Å². The Labute approximate surface area is 280 Å². The molecule has 0 amide bonds. The monoisotopic (exact) mass is 613 g/mol. The van der Waals surface area contributed by atoms with Crippen molar-refractivity contribution >= 4 is 27.8 Å². The van der Waals surface area contributed by atoms with Crippen LogP contribution in [0.15, 0.2) is 188 Å². The first-order chi connectivity index (χ1) is 23.8. The Balaban J connectivity index is 1.30. The quantitative estimate of drug-likeness (QED) is 0.185. The summed E-state index contributed by atoms with van der Waals surface area (Å²) >= 11 is 0. The van der Waals surface area contributed by atoms with Gasteiger partial charge in [0.25, 0.3) is 0 Å². The number of hydrogen-bond acceptors (Lipinski definition) is 2. The Bertz CT molecular complexity index is 2300. The van der Waals surface area contributed by atoms with Gasteiger partial charge in [-0.3, -0.25) is 0 Å². The van der Waals surface area contributed by atoms with Crippen LogP contribution in [0.25, 0.3) is 55.3 Å². The van der Waals surface area contributed by atoms with E-state index >= 15 is 0 Å². The third kappa shape index (κ3) is 4.83. The Morgan fingerprint density at radius 2 is 0.833 bits per heavy atom. The van der Waals surface area contributed by atoms with E-state index < -0.39 is 0 Å². The SMILES string of the molecule is c1ccc(-c2ccc(N(c3ccc(-c4ccccc4)cc3)c3cc(-c4ccccc4)c4cccc5c4c3Oc3ccccc3-5)cc2)cc1. The highest BCUT2D eigenvalue weighted by molar-refractivity contribution is 6.13. The highest BCUT2D eigenvalue weighted by atomic mass is 16.5. The molecule has 1 heterocycles. The Morgan fingerprint density at radius 1 is 0.354 bits per heavy atom. The van der Waals surface area contributed by atoms with E-state index in [9.17, 15) is 0 Å². The first kappa shape index (κ1) is 27.9. The Hall–Kier alpha value is -6.38. The topological polar surface area (TPSA) is 12.5 Å². The number of anilines is 3. The Kier molecular flexibility index (Phi) is 6.84. The van der Waals surface area contributed by atoms with E-state index in [1.165, 1.54) is 44.3 Å². The minimum atomic E-state index is 0.859. The summed E-state index contributed by atoms with van der Waals surface area (Å²) in [6.07, 6.45) is 0. The molecule has 226 valence electrons. The normalized spacial score (nSPS) is 11.5. The van der Waals surface area contributed by atoms with Crippen molar-refractivity contribution in [2.75, 3.05) is 4.90 Å². The lowest BCUT2D eigenvalue weighted by molar-refractivity contribution is 0.488. The minimum absolute atomic E-state index is 0.859. The lowest BCUT2D eigenvalue weighted by atomic mass is 9.89. The largest absolute Gasteiger partial charge is 0.454 e. The highest BCUT2D eigenvalue weighted by Gasteiger charge is 2.28. The summed E-state index contributed by atoms with van der Waals surface area (Å²) in [5.74, 6) is 1.73. The van der Waals surface area contributed by atoms with Gasteiger partial charge >= 0.3 is 0 Å². The van der Waals surface area contributed by atoms with Crippen LogP contribution in [0.4, 0.5) is 17.1 Å². The minimum Gasteiger partial charge on any atom is -0.454 e. The summed E-state index contributed by atoms with van der Waals surface area (Å²) in [5, 5.41) is 2.30. The van der Waals surface area contributed by atoms with Crippen molar-refractivity contribution in [1.82, 2.24) is 0 Å². The van der Waals surface area contributed by atoms with Crippen molar-refractivity contribution in [1.29, 1.82) is 0 Å². The van der Waals surface area contributed by atoms with E-state index in [1.54, 1.807) is 0 Å². The molecule has 8 aromatic carbocycles. The number of para-hydroxylation sites is 1. The molecule has 0 saturated heterocycles. The second kappa shape index (κ2) is 11.8. The first-order valence-electron chi connectivity index (χ1n) is 16.4. The lowest BCUT2D eigenvalue weighted by Gasteiger charge is -2.32. The van der Waals surface area contributed by atoms with Gasteiger partial charge in [0.1, 0.15) is 5.75 Å². The molecule has 1 aliphatic rings. The molecule has 0 atom stereocenters. The van der Waals surface area contributed by atoms with Gasteiger partial charge in [-0.1, -0.05) is 152 Å². The van der Waals surface area contributed by atoms with Crippen LogP contribution in [0.1, 0.15) is 0 Å². The number of nitrogens with zero attached hydrogens (tertiary/aromatic N) is 1. The van der Waals surface area contributed by atoms with Gasteiger partial charge in [0.2, 0.25) is 0 Å². The number of hydrogen-bond donors (Lipinski definition) is 0. The van der Waals surface area contributed by atoms with E-state index in [2.05, 4.69) is 187 Å². The molecule has 9 rings (SSSR count). The van der Waals surface area contributed by atoms with E-state index in [-0.39, 0.29) is 0 Å². The summed E-state index contributed by atoms with van der Waals surface area (Å²) in [4.78, 5) is 2.34. The molecule has 0 spiro atoms. The fourth-order valence-electron chi connectivity index (χ4n) is 6.96. The van der Waals surface area contributed by atoms with Gasteiger partial charge in [0, 0.05) is 22.3 Å². The zero-order valence-electron chi connectivity index (χ0n) is 26.3. The molecule has 0 bridgehead atoms. The van der Waals surface area contributed by atoms with Crippen LogP contribution >= 0.6 is 0 Å². The van der Waals surface area contributed by atoms with Gasteiger partial charge in [-0.05, 0) is 80.7 Å². The van der Waals surface area contributed by atoms with Gasteiger partial charge in [0.05, 0.1) is 5.69 Å². The van der Waals surface area contributed by atoms with Gasteiger partial charge in [0.15, 0.2) is 5.75 Å². The third-order valence-electron chi connectivity index (χ3n) is 9.28. The molecule has 8 aromatic rings. The molecule has 0 fully saturated rings. The maximum absolute atomic E-state index is 6.94. The van der Waals surface area contributed by atoms with Crippen LogP contribution in [0, 0.1) is 0 Å². The van der Waals surface area contributed by atoms with Crippen LogP contribution in [-0.4, -0.2) is 0 Å². The molecule has 2 nitrogen and oxygen atoms in total. The summed E-state index contributed by atoms with van der Waals surface area (Å²) in [7, 11) is 0. The molecule has 0 saturated carbocycles. The maximum Gasteiger partial charge on any atom is 0.159 e. The molecular weight excluding hydrogens is 583 g/mol. The molecule has 0 aromatic heterocycles. The second-order valence-corrected chi connectivity index (χ2v) is 12.1. The zero-order valence-corrected chi connectivity index (χ0v) is 26.3. The number of fused-ring (bicyclic) bond motifs is 2. The molecule has 0 aliphatic carbocycles. The summed E-state index contributed by atoms with van der Waals surface area (Å²) in [6.45, 7) is 0. The van der Waals surface area contributed by atoms with Gasteiger partial charge < -0.3 is 9.64 Å². The molecule has 0 N–H and O–H groups in total. The van der Waals surface area contributed by atoms with Crippen LogP contribution < -0.4 is 9.64 Å². The maximum atomic E-state index is 6.94. The van der Waals surface area contributed by atoms with Gasteiger partial charge in [-0.25, -0.2) is 0 Å². The van der Waals surface area contributed by atoms with E-state index in [0.717, 1.165) is 39.5 Å². The van der Waals surface area contributed by atoms with E-state index in [0.29, 0.717) is 0 Å². The molecule has 0 unspecified atom stereocenters. The number of benzene rings is 8. The molecular formula is C46H31NO. The summed E-state index contributed by atoms with van der Waals surface area (Å²) in [6, 6.07) is 66.7. The average Bonchev–Trinajstić information content (AvgIpc) is 3.17. The van der Waals surface area contributed by atoms with E-state index in [4.69, 9.17) is 4.74 Å². The zero-order chi connectivity index (χ0) is 31.9. The summed E-state index contributed by atoms with van der Waals surface area (Å²) in [5.41, 5.74) is 12.5. The molecule has 1 aliphatic heterocycles. The molecule has 48 heavy (non-hydrogen) atoms. The molecule has 0 radical (unpaired) electrons. The van der Waals surface area contributed by atoms with Crippen LogP contribution in [0.2, 0.25) is 0 Å². The van der Waals surface area contributed by atoms with Crippen LogP contribution in [0.3, 0.4) is 0 Å². The standard InChI is InChI=1S/C46H31NO/c1-4-13-32(14-5-1)34-23-27-37(28-24-34)47(38-29-25-35(26-30-38)33-15-6-2-7-16-33)43-31-42(36-17-8-3-9-18-36)41-21-12-20-40-39-19-10-11-22-44(39)48-46(43)45(40)41/h1-31H. The fourth-order valence-corrected chi connectivity index (χ4v) is 6.96. The number of ether oxygens (including phenoxy) is 1. The average molecular weight is 614 g/mol. The lowest BCUT2D eigenvalue weighted by Crippen LogP contribution is -2.13. The first-order valence-corrected chi connectivity index (χ1v) is 16.4. The van der Waals surface area contributed by atoms with Crippen LogP contribution in [0.5, 0.6) is 11.5 Å².